The fourth-order valence-corrected chi connectivity index (χ4v) is 3.49. The van der Waals surface area contributed by atoms with E-state index in [1.165, 1.54) is 26.2 Å². The summed E-state index contributed by atoms with van der Waals surface area (Å²) in [5, 5.41) is 4.51. The van der Waals surface area contributed by atoms with Crippen LogP contribution in [-0.2, 0) is 16.9 Å². The van der Waals surface area contributed by atoms with E-state index in [0.29, 0.717) is 4.47 Å². The van der Waals surface area contributed by atoms with E-state index < -0.39 is 46.6 Å². The number of hydrogen-bond donors (Lipinski definition) is 1. The summed E-state index contributed by atoms with van der Waals surface area (Å²) in [6.45, 7) is 3.75. The molecule has 1 aromatic carbocycles. The normalized spacial score (nSPS) is 16.8. The van der Waals surface area contributed by atoms with Crippen LogP contribution in [0.25, 0.3) is 0 Å². The molecule has 4 nitrogen and oxygen atoms in total. The zero-order chi connectivity index (χ0) is 21.0. The van der Waals surface area contributed by atoms with Gasteiger partial charge in [-0.3, -0.25) is 0 Å². The molecule has 1 rings (SSSR count). The Morgan fingerprint density at radius 1 is 1.26 bits per heavy atom. The maximum Gasteiger partial charge on any atom is 0.431 e. The molecule has 154 valence electrons. The monoisotopic (exact) mass is 473 g/mol. The second-order valence-electron chi connectivity index (χ2n) is 7.28. The highest BCUT2D eigenvalue weighted by atomic mass is 79.9. The Balaban J connectivity index is 3.52. The van der Waals surface area contributed by atoms with Crippen molar-refractivity contribution >= 4 is 33.0 Å². The first-order valence-corrected chi connectivity index (χ1v) is 9.99. The first-order valence-electron chi connectivity index (χ1n) is 8.05. The van der Waals surface area contributed by atoms with Crippen LogP contribution < -0.4 is 4.72 Å². The number of rotatable bonds is 7. The van der Waals surface area contributed by atoms with Crippen LogP contribution in [0.4, 0.5) is 17.6 Å². The van der Waals surface area contributed by atoms with Crippen LogP contribution in [0.5, 0.6) is 0 Å². The molecular formula is C17H24BrF4N3OS. The van der Waals surface area contributed by atoms with E-state index in [1.807, 2.05) is 0 Å². The molecule has 1 aromatic rings. The van der Waals surface area contributed by atoms with Gasteiger partial charge in [-0.25, -0.2) is 4.39 Å². The topological polar surface area (TPSA) is 50.7 Å². The van der Waals surface area contributed by atoms with Crippen molar-refractivity contribution in [2.45, 2.75) is 43.7 Å². The molecule has 0 bridgehead atoms. The van der Waals surface area contributed by atoms with Crippen molar-refractivity contribution in [1.82, 2.24) is 9.73 Å². The van der Waals surface area contributed by atoms with Crippen molar-refractivity contribution in [3.63, 3.8) is 0 Å². The van der Waals surface area contributed by atoms with Gasteiger partial charge in [0.25, 0.3) is 0 Å². The highest BCUT2D eigenvalue weighted by Crippen LogP contribution is 2.35. The molecule has 0 aliphatic rings. The lowest BCUT2D eigenvalue weighted by Gasteiger charge is -2.36. The molecule has 1 N–H and O–H groups in total. The molecule has 0 spiro atoms. The van der Waals surface area contributed by atoms with Gasteiger partial charge < -0.3 is 9.56 Å². The van der Waals surface area contributed by atoms with Crippen LogP contribution in [0, 0.1) is 0 Å². The van der Waals surface area contributed by atoms with Gasteiger partial charge in [0.15, 0.2) is 0 Å². The molecule has 0 saturated carbocycles. The minimum atomic E-state index is -4.76. The summed E-state index contributed by atoms with van der Waals surface area (Å²) in [4.78, 5) is 0. The van der Waals surface area contributed by atoms with Crippen molar-refractivity contribution in [3.8, 4) is 0 Å². The summed E-state index contributed by atoms with van der Waals surface area (Å²) in [7, 11) is 2.70. The Morgan fingerprint density at radius 3 is 2.26 bits per heavy atom. The van der Waals surface area contributed by atoms with Crippen LogP contribution in [0.15, 0.2) is 33.8 Å². The van der Waals surface area contributed by atoms with Crippen molar-refractivity contribution in [2.24, 2.45) is 5.10 Å². The Hall–Kier alpha value is -0.840. The second kappa shape index (κ2) is 9.11. The summed E-state index contributed by atoms with van der Waals surface area (Å²) in [5.41, 5.74) is -2.78. The van der Waals surface area contributed by atoms with Gasteiger partial charge in [0.1, 0.15) is 22.7 Å². The molecule has 0 fully saturated rings. The van der Waals surface area contributed by atoms with Gasteiger partial charge in [0, 0.05) is 36.4 Å². The van der Waals surface area contributed by atoms with Crippen LogP contribution in [0.2, 0.25) is 0 Å². The predicted octanol–water partition coefficient (Wildman–Crippen LogP) is 4.54. The zero-order valence-electron chi connectivity index (χ0n) is 15.8. The zero-order valence-corrected chi connectivity index (χ0v) is 18.2. The Bertz CT molecular complexity index is 664. The summed E-state index contributed by atoms with van der Waals surface area (Å²) in [6, 6.07) is 6.27. The van der Waals surface area contributed by atoms with E-state index in [-0.39, 0.29) is 5.56 Å². The average molecular weight is 474 g/mol. The number of benzene rings is 1. The smallest absolute Gasteiger partial charge is 0.431 e. The van der Waals surface area contributed by atoms with Gasteiger partial charge in [-0.2, -0.15) is 18.3 Å². The third kappa shape index (κ3) is 6.92. The quantitative estimate of drug-likeness (QED) is 0.273. The van der Waals surface area contributed by atoms with E-state index in [2.05, 4.69) is 25.8 Å². The maximum atomic E-state index is 14.3. The molecule has 0 aliphatic heterocycles. The predicted molar refractivity (Wildman–Crippen MR) is 105 cm³/mol. The summed E-state index contributed by atoms with van der Waals surface area (Å²) in [5.74, 6) is 0. The summed E-state index contributed by atoms with van der Waals surface area (Å²) < 4.78 is 69.9. The molecular weight excluding hydrogens is 450 g/mol. The van der Waals surface area contributed by atoms with Gasteiger partial charge in [-0.05, 0) is 38.5 Å². The van der Waals surface area contributed by atoms with Crippen LogP contribution in [0.3, 0.4) is 0 Å². The summed E-state index contributed by atoms with van der Waals surface area (Å²) in [6.07, 6.45) is -5.58. The third-order valence-corrected chi connectivity index (χ3v) is 5.75. The van der Waals surface area contributed by atoms with Gasteiger partial charge in [-0.15, -0.1) is 4.72 Å². The van der Waals surface area contributed by atoms with Gasteiger partial charge >= 0.3 is 6.18 Å². The Kier molecular flexibility index (Phi) is 8.16. The average Bonchev–Trinajstić information content (AvgIpc) is 2.51. The van der Waals surface area contributed by atoms with Crippen LogP contribution in [0.1, 0.15) is 32.8 Å². The third-order valence-electron chi connectivity index (χ3n) is 3.57. The van der Waals surface area contributed by atoms with Crippen LogP contribution in [-0.4, -0.2) is 47.0 Å². The highest BCUT2D eigenvalue weighted by Gasteiger charge is 2.47. The molecule has 0 radical (unpaired) electrons. The molecule has 0 aliphatic carbocycles. The lowest BCUT2D eigenvalue weighted by Crippen LogP contribution is -2.54. The standard InChI is InChI=1S/C17H24BrF4N3OS/c1-15(2,3)27(26)24-16(11-19,12-7-6-8-13(18)9-12)10-14(17(20,21)22)23-25(4)5/h6-9,24H,10-11H2,1-5H3/t16-,27?/m1/s1. The number of halogens is 5. The molecule has 10 heteroatoms. The number of hydrogen-bond acceptors (Lipinski definition) is 4. The lowest BCUT2D eigenvalue weighted by atomic mass is 9.86. The lowest BCUT2D eigenvalue weighted by molar-refractivity contribution is -0.0630. The van der Waals surface area contributed by atoms with E-state index >= 15 is 0 Å². The largest absolute Gasteiger partial charge is 0.598 e. The Morgan fingerprint density at radius 2 is 1.85 bits per heavy atom. The number of nitrogens with one attached hydrogen (secondary N) is 1. The van der Waals surface area contributed by atoms with Crippen molar-refractivity contribution in [1.29, 1.82) is 0 Å². The van der Waals surface area contributed by atoms with Gasteiger partial charge in [-0.1, -0.05) is 28.1 Å². The molecule has 0 aromatic heterocycles. The summed E-state index contributed by atoms with van der Waals surface area (Å²) >= 11 is 1.44. The maximum absolute atomic E-state index is 14.3. The first-order chi connectivity index (χ1) is 12.2. The fraction of sp³-hybridized carbons (Fsp3) is 0.588. The highest BCUT2D eigenvalue weighted by molar-refractivity contribution is 9.10. The SMILES string of the molecule is CN(C)N=C(C[C@](CF)(N[S+]([O-])C(C)(C)C)c1cccc(Br)c1)C(F)(F)F. The van der Waals surface area contributed by atoms with E-state index in [1.54, 1.807) is 32.9 Å². The molecule has 0 heterocycles. The van der Waals surface area contributed by atoms with Crippen LogP contribution >= 0.6 is 15.9 Å². The Labute approximate surface area is 168 Å². The molecule has 27 heavy (non-hydrogen) atoms. The van der Waals surface area contributed by atoms with Gasteiger partial charge in [0.2, 0.25) is 0 Å². The molecule has 0 saturated heterocycles. The van der Waals surface area contributed by atoms with E-state index in [9.17, 15) is 22.1 Å². The number of alkyl halides is 4. The van der Waals surface area contributed by atoms with Crippen molar-refractivity contribution in [2.75, 3.05) is 20.8 Å². The minimum absolute atomic E-state index is 0.243. The molecule has 2 atom stereocenters. The van der Waals surface area contributed by atoms with E-state index in [4.69, 9.17) is 0 Å². The first kappa shape index (κ1) is 24.2. The van der Waals surface area contributed by atoms with E-state index in [0.717, 1.165) is 5.01 Å². The van der Waals surface area contributed by atoms with Crippen molar-refractivity contribution in [3.05, 3.63) is 34.3 Å². The van der Waals surface area contributed by atoms with Crippen molar-refractivity contribution < 1.29 is 22.1 Å². The van der Waals surface area contributed by atoms with Gasteiger partial charge in [0.05, 0.1) is 0 Å². The second-order valence-corrected chi connectivity index (χ2v) is 10.2. The number of nitrogens with zero attached hydrogens (tertiary/aromatic N) is 2. The molecule has 0 amide bonds. The molecule has 1 unspecified atom stereocenters. The number of hydrazone groups is 1. The fourth-order valence-electron chi connectivity index (χ4n) is 2.18. The minimum Gasteiger partial charge on any atom is -0.598 e.